The van der Waals surface area contributed by atoms with Crippen LogP contribution in [-0.2, 0) is 0 Å². The Kier molecular flexibility index (Phi) is 2.47. The molecule has 2 aromatic rings. The summed E-state index contributed by atoms with van der Waals surface area (Å²) in [5.74, 6) is -2.64. The summed E-state index contributed by atoms with van der Waals surface area (Å²) in [7, 11) is 0. The molecule has 0 aliphatic heterocycles. The van der Waals surface area contributed by atoms with Crippen LogP contribution in [0.5, 0.6) is 0 Å². The van der Waals surface area contributed by atoms with Gasteiger partial charge in [0.2, 0.25) is 0 Å². The first-order chi connectivity index (χ1) is 7.00. The van der Waals surface area contributed by atoms with Crippen molar-refractivity contribution in [2.24, 2.45) is 0 Å². The summed E-state index contributed by atoms with van der Waals surface area (Å²) in [6.07, 6.45) is 0. The average molecular weight is 293 g/mol. The molecule has 1 aromatic carbocycles. The second-order valence-corrected chi connectivity index (χ2v) is 4.66. The number of carbonyl (C=O) groups is 1. The van der Waals surface area contributed by atoms with E-state index in [4.69, 9.17) is 5.11 Å². The summed E-state index contributed by atoms with van der Waals surface area (Å²) in [4.78, 5) is 10.6. The fourth-order valence-corrected chi connectivity index (χ4v) is 2.68. The molecular formula is C9H3BrF2O2S. The summed E-state index contributed by atoms with van der Waals surface area (Å²) in [5, 5.41) is 8.96. The number of aromatic carboxylic acids is 1. The Balaban J connectivity index is 2.85. The highest BCUT2D eigenvalue weighted by molar-refractivity contribution is 9.10. The minimum Gasteiger partial charge on any atom is -0.477 e. The molecule has 15 heavy (non-hydrogen) atoms. The molecule has 2 nitrogen and oxygen atoms in total. The van der Waals surface area contributed by atoms with Gasteiger partial charge in [0.25, 0.3) is 0 Å². The number of carboxylic acid groups (broad SMARTS) is 1. The molecule has 0 aliphatic rings. The molecule has 1 heterocycles. The quantitative estimate of drug-likeness (QED) is 0.815. The Morgan fingerprint density at radius 1 is 1.33 bits per heavy atom. The molecule has 6 heteroatoms. The van der Waals surface area contributed by atoms with Crippen molar-refractivity contribution in [2.75, 3.05) is 0 Å². The van der Waals surface area contributed by atoms with Crippen LogP contribution < -0.4 is 0 Å². The third-order valence-corrected chi connectivity index (χ3v) is 3.80. The number of fused-ring (bicyclic) bond motifs is 1. The maximum atomic E-state index is 13.3. The van der Waals surface area contributed by atoms with Gasteiger partial charge in [-0.15, -0.1) is 11.3 Å². The lowest BCUT2D eigenvalue weighted by Crippen LogP contribution is -1.89. The SMILES string of the molecule is O=C(O)c1cc2c(Br)c(F)cc(F)c2s1. The molecule has 0 radical (unpaired) electrons. The molecule has 0 atom stereocenters. The van der Waals surface area contributed by atoms with Gasteiger partial charge in [-0.05, 0) is 22.0 Å². The van der Waals surface area contributed by atoms with Crippen LogP contribution in [-0.4, -0.2) is 11.1 Å². The first-order valence-electron chi connectivity index (χ1n) is 3.81. The van der Waals surface area contributed by atoms with E-state index >= 15 is 0 Å². The van der Waals surface area contributed by atoms with Crippen molar-refractivity contribution >= 4 is 43.3 Å². The van der Waals surface area contributed by atoms with Gasteiger partial charge in [0.1, 0.15) is 16.5 Å². The van der Waals surface area contributed by atoms with Crippen molar-refractivity contribution in [2.45, 2.75) is 0 Å². The molecule has 0 unspecified atom stereocenters. The number of carboxylic acids is 1. The Morgan fingerprint density at radius 2 is 2.00 bits per heavy atom. The van der Waals surface area contributed by atoms with Crippen molar-refractivity contribution in [3.8, 4) is 0 Å². The predicted octanol–water partition coefficient (Wildman–Crippen LogP) is 3.64. The van der Waals surface area contributed by atoms with Crippen LogP contribution in [0, 0.1) is 11.6 Å². The molecule has 0 saturated heterocycles. The highest BCUT2D eigenvalue weighted by atomic mass is 79.9. The average Bonchev–Trinajstić information content (AvgIpc) is 2.59. The zero-order chi connectivity index (χ0) is 11.2. The van der Waals surface area contributed by atoms with Crippen molar-refractivity contribution in [3.05, 3.63) is 33.1 Å². The Bertz CT molecular complexity index is 565. The van der Waals surface area contributed by atoms with Crippen LogP contribution in [0.1, 0.15) is 9.67 Å². The van der Waals surface area contributed by atoms with Gasteiger partial charge in [0, 0.05) is 11.5 Å². The molecule has 2 rings (SSSR count). The van der Waals surface area contributed by atoms with Gasteiger partial charge in [0.05, 0.1) is 9.17 Å². The fourth-order valence-electron chi connectivity index (χ4n) is 1.21. The Labute approximate surface area is 95.3 Å². The van der Waals surface area contributed by atoms with Crippen LogP contribution in [0.25, 0.3) is 10.1 Å². The minimum absolute atomic E-state index is 0.0183. The third-order valence-electron chi connectivity index (χ3n) is 1.86. The van der Waals surface area contributed by atoms with Crippen LogP contribution in [0.4, 0.5) is 8.78 Å². The van der Waals surface area contributed by atoms with E-state index in [-0.39, 0.29) is 19.4 Å². The summed E-state index contributed by atoms with van der Waals surface area (Å²) < 4.78 is 26.6. The van der Waals surface area contributed by atoms with E-state index in [9.17, 15) is 13.6 Å². The highest BCUT2D eigenvalue weighted by Gasteiger charge is 2.16. The number of hydrogen-bond acceptors (Lipinski definition) is 2. The molecule has 0 spiro atoms. The fraction of sp³-hybridized carbons (Fsp3) is 0. The number of thiophene rings is 1. The monoisotopic (exact) mass is 292 g/mol. The summed E-state index contributed by atoms with van der Waals surface area (Å²) >= 11 is 3.73. The van der Waals surface area contributed by atoms with E-state index in [0.717, 1.165) is 17.4 Å². The third kappa shape index (κ3) is 1.63. The van der Waals surface area contributed by atoms with Crippen LogP contribution >= 0.6 is 27.3 Å². The first kappa shape index (κ1) is 10.5. The normalized spacial score (nSPS) is 10.9. The maximum Gasteiger partial charge on any atom is 0.345 e. The smallest absolute Gasteiger partial charge is 0.345 e. The molecule has 0 saturated carbocycles. The van der Waals surface area contributed by atoms with E-state index in [1.807, 2.05) is 0 Å². The Hall–Kier alpha value is -1.01. The number of hydrogen-bond donors (Lipinski definition) is 1. The van der Waals surface area contributed by atoms with Crippen molar-refractivity contribution in [3.63, 3.8) is 0 Å². The molecule has 0 bridgehead atoms. The topological polar surface area (TPSA) is 37.3 Å². The van der Waals surface area contributed by atoms with Crippen LogP contribution in [0.2, 0.25) is 0 Å². The van der Waals surface area contributed by atoms with Gasteiger partial charge in [-0.3, -0.25) is 0 Å². The molecule has 78 valence electrons. The number of halogens is 3. The summed E-state index contributed by atoms with van der Waals surface area (Å²) in [5.41, 5.74) is 0. The number of benzene rings is 1. The molecule has 0 fully saturated rings. The molecule has 0 amide bonds. The van der Waals surface area contributed by atoms with Crippen LogP contribution in [0.15, 0.2) is 16.6 Å². The lowest BCUT2D eigenvalue weighted by atomic mass is 10.2. The van der Waals surface area contributed by atoms with Crippen LogP contribution in [0.3, 0.4) is 0 Å². The molecule has 0 aliphatic carbocycles. The number of rotatable bonds is 1. The molecule has 1 N–H and O–H groups in total. The van der Waals surface area contributed by atoms with E-state index in [0.29, 0.717) is 0 Å². The van der Waals surface area contributed by atoms with E-state index < -0.39 is 17.6 Å². The van der Waals surface area contributed by atoms with Crippen molar-refractivity contribution in [1.82, 2.24) is 0 Å². The summed E-state index contributed by atoms with van der Waals surface area (Å²) in [6.45, 7) is 0. The second-order valence-electron chi connectivity index (χ2n) is 2.81. The lowest BCUT2D eigenvalue weighted by molar-refractivity contribution is 0.0702. The van der Waals surface area contributed by atoms with E-state index in [1.54, 1.807) is 0 Å². The van der Waals surface area contributed by atoms with Gasteiger partial charge in [-0.2, -0.15) is 0 Å². The maximum absolute atomic E-state index is 13.3. The molecular weight excluding hydrogens is 290 g/mol. The van der Waals surface area contributed by atoms with Crippen molar-refractivity contribution in [1.29, 1.82) is 0 Å². The van der Waals surface area contributed by atoms with Gasteiger partial charge < -0.3 is 5.11 Å². The second kappa shape index (κ2) is 3.53. The van der Waals surface area contributed by atoms with Gasteiger partial charge >= 0.3 is 5.97 Å². The minimum atomic E-state index is -1.15. The molecule has 1 aromatic heterocycles. The zero-order valence-corrected chi connectivity index (χ0v) is 9.45. The predicted molar refractivity (Wildman–Crippen MR) is 56.4 cm³/mol. The van der Waals surface area contributed by atoms with Gasteiger partial charge in [0.15, 0.2) is 0 Å². The largest absolute Gasteiger partial charge is 0.477 e. The van der Waals surface area contributed by atoms with E-state index in [2.05, 4.69) is 15.9 Å². The van der Waals surface area contributed by atoms with Gasteiger partial charge in [-0.1, -0.05) is 0 Å². The zero-order valence-electron chi connectivity index (χ0n) is 7.05. The Morgan fingerprint density at radius 3 is 2.60 bits per heavy atom. The van der Waals surface area contributed by atoms with Gasteiger partial charge in [-0.25, -0.2) is 13.6 Å². The first-order valence-corrected chi connectivity index (χ1v) is 5.42. The highest BCUT2D eigenvalue weighted by Crippen LogP contribution is 2.35. The van der Waals surface area contributed by atoms with Crippen molar-refractivity contribution < 1.29 is 18.7 Å². The standard InChI is InChI=1S/C9H3BrF2O2S/c10-7-3-1-6(9(13)14)15-8(3)5(12)2-4(7)11/h1-2H,(H,13,14). The van der Waals surface area contributed by atoms with E-state index in [1.165, 1.54) is 6.07 Å². The summed E-state index contributed by atoms with van der Waals surface area (Å²) in [6, 6.07) is 1.98. The lowest BCUT2D eigenvalue weighted by Gasteiger charge is -1.96.